The van der Waals surface area contributed by atoms with Gasteiger partial charge in [0.15, 0.2) is 0 Å². The summed E-state index contributed by atoms with van der Waals surface area (Å²) >= 11 is 0. The normalized spacial score (nSPS) is 10.9. The summed E-state index contributed by atoms with van der Waals surface area (Å²) < 4.78 is 7.03. The molecule has 0 aliphatic carbocycles. The molecular formula is C11H17N5O. The number of hydrogen-bond donors (Lipinski definition) is 2. The lowest BCUT2D eigenvalue weighted by Gasteiger charge is -2.02. The minimum Gasteiger partial charge on any atom is -0.469 e. The largest absolute Gasteiger partial charge is 0.469 e. The highest BCUT2D eigenvalue weighted by Gasteiger charge is 1.98. The van der Waals surface area contributed by atoms with Gasteiger partial charge in [0.25, 0.3) is 0 Å². The van der Waals surface area contributed by atoms with E-state index < -0.39 is 0 Å². The first-order valence-corrected chi connectivity index (χ1v) is 5.70. The van der Waals surface area contributed by atoms with Gasteiger partial charge in [-0.3, -0.25) is 4.68 Å². The van der Waals surface area contributed by atoms with Crippen molar-refractivity contribution in [3.8, 4) is 0 Å². The van der Waals surface area contributed by atoms with Gasteiger partial charge in [0.05, 0.1) is 18.5 Å². The third-order valence-corrected chi connectivity index (χ3v) is 2.44. The third kappa shape index (κ3) is 3.69. The van der Waals surface area contributed by atoms with E-state index in [2.05, 4.69) is 15.6 Å². The van der Waals surface area contributed by atoms with Crippen molar-refractivity contribution in [3.63, 3.8) is 0 Å². The molecule has 2 rings (SSSR count). The molecule has 0 saturated heterocycles. The van der Waals surface area contributed by atoms with Gasteiger partial charge >= 0.3 is 0 Å². The Morgan fingerprint density at radius 1 is 1.41 bits per heavy atom. The molecule has 2 aromatic heterocycles. The molecule has 0 fully saturated rings. The van der Waals surface area contributed by atoms with Gasteiger partial charge in [0.1, 0.15) is 5.76 Å². The van der Waals surface area contributed by atoms with Crippen LogP contribution in [0.3, 0.4) is 0 Å². The van der Waals surface area contributed by atoms with Crippen LogP contribution in [0.25, 0.3) is 0 Å². The monoisotopic (exact) mass is 235 g/mol. The summed E-state index contributed by atoms with van der Waals surface area (Å²) in [6.45, 7) is 2.98. The molecule has 3 N–H and O–H groups in total. The highest BCUT2D eigenvalue weighted by Crippen LogP contribution is 1.99. The van der Waals surface area contributed by atoms with Crippen LogP contribution in [0, 0.1) is 0 Å². The minimum absolute atomic E-state index is 0.436. The standard InChI is InChI=1S/C11H17N5O/c12-8-10-9-16(15-14-10)6-5-13-4-3-11-2-1-7-17-11/h1-2,7,9,13H,3-6,8,12H2. The molecule has 0 spiro atoms. The van der Waals surface area contributed by atoms with Gasteiger partial charge in [-0.15, -0.1) is 5.10 Å². The van der Waals surface area contributed by atoms with Crippen molar-refractivity contribution in [1.82, 2.24) is 20.3 Å². The molecule has 92 valence electrons. The van der Waals surface area contributed by atoms with Crippen molar-refractivity contribution in [2.24, 2.45) is 5.73 Å². The van der Waals surface area contributed by atoms with Gasteiger partial charge in [-0.2, -0.15) is 0 Å². The number of furan rings is 1. The van der Waals surface area contributed by atoms with E-state index in [0.717, 1.165) is 37.5 Å². The lowest BCUT2D eigenvalue weighted by Crippen LogP contribution is -2.22. The molecule has 0 atom stereocenters. The Morgan fingerprint density at radius 2 is 2.35 bits per heavy atom. The maximum atomic E-state index is 5.45. The summed E-state index contributed by atoms with van der Waals surface area (Å²) in [5.41, 5.74) is 6.27. The number of nitrogens with zero attached hydrogens (tertiary/aromatic N) is 3. The molecule has 2 aromatic rings. The molecule has 2 heterocycles. The van der Waals surface area contributed by atoms with Crippen LogP contribution in [0.5, 0.6) is 0 Å². The fourth-order valence-electron chi connectivity index (χ4n) is 1.53. The summed E-state index contributed by atoms with van der Waals surface area (Å²) in [6.07, 6.45) is 4.46. The van der Waals surface area contributed by atoms with Gasteiger partial charge in [0.2, 0.25) is 0 Å². The molecular weight excluding hydrogens is 218 g/mol. The Balaban J connectivity index is 1.60. The maximum absolute atomic E-state index is 5.45. The number of aromatic nitrogens is 3. The highest BCUT2D eigenvalue weighted by molar-refractivity contribution is 4.98. The first-order chi connectivity index (χ1) is 8.38. The van der Waals surface area contributed by atoms with Gasteiger partial charge in [0, 0.05) is 32.3 Å². The van der Waals surface area contributed by atoms with E-state index in [0.29, 0.717) is 6.54 Å². The summed E-state index contributed by atoms with van der Waals surface area (Å²) in [4.78, 5) is 0. The van der Waals surface area contributed by atoms with E-state index in [4.69, 9.17) is 10.2 Å². The summed E-state index contributed by atoms with van der Waals surface area (Å²) in [6, 6.07) is 3.88. The third-order valence-electron chi connectivity index (χ3n) is 2.44. The summed E-state index contributed by atoms with van der Waals surface area (Å²) in [5, 5.41) is 11.2. The Morgan fingerprint density at radius 3 is 3.06 bits per heavy atom. The molecule has 0 aliphatic rings. The molecule has 0 aliphatic heterocycles. The lowest BCUT2D eigenvalue weighted by atomic mass is 10.3. The molecule has 6 heteroatoms. The average Bonchev–Trinajstić information content (AvgIpc) is 2.99. The summed E-state index contributed by atoms with van der Waals surface area (Å²) in [7, 11) is 0. The van der Waals surface area contributed by atoms with Gasteiger partial charge in [-0.05, 0) is 12.1 Å². The van der Waals surface area contributed by atoms with Crippen molar-refractivity contribution in [2.45, 2.75) is 19.5 Å². The van der Waals surface area contributed by atoms with Gasteiger partial charge in [-0.25, -0.2) is 0 Å². The minimum atomic E-state index is 0.436. The number of nitrogens with one attached hydrogen (secondary N) is 1. The number of nitrogens with two attached hydrogens (primary N) is 1. The molecule has 0 aromatic carbocycles. The van der Waals surface area contributed by atoms with E-state index in [1.807, 2.05) is 18.3 Å². The van der Waals surface area contributed by atoms with Crippen LogP contribution in [-0.4, -0.2) is 28.1 Å². The number of rotatable bonds is 7. The molecule has 17 heavy (non-hydrogen) atoms. The number of hydrogen-bond acceptors (Lipinski definition) is 5. The quantitative estimate of drug-likeness (QED) is 0.668. The van der Waals surface area contributed by atoms with E-state index in [1.165, 1.54) is 0 Å². The Kier molecular flexibility index (Phi) is 4.29. The molecule has 0 unspecified atom stereocenters. The zero-order chi connectivity index (χ0) is 11.9. The molecule has 0 saturated carbocycles. The predicted molar refractivity (Wildman–Crippen MR) is 63.2 cm³/mol. The van der Waals surface area contributed by atoms with Crippen LogP contribution in [0.4, 0.5) is 0 Å². The average molecular weight is 235 g/mol. The highest BCUT2D eigenvalue weighted by atomic mass is 16.3. The fraction of sp³-hybridized carbons (Fsp3) is 0.455. The fourth-order valence-corrected chi connectivity index (χ4v) is 1.53. The van der Waals surface area contributed by atoms with Crippen molar-refractivity contribution in [3.05, 3.63) is 36.0 Å². The van der Waals surface area contributed by atoms with E-state index >= 15 is 0 Å². The van der Waals surface area contributed by atoms with Crippen LogP contribution in [0.15, 0.2) is 29.0 Å². The SMILES string of the molecule is NCc1cn(CCNCCc2ccco2)nn1. The van der Waals surface area contributed by atoms with Gasteiger partial charge < -0.3 is 15.5 Å². The van der Waals surface area contributed by atoms with Crippen molar-refractivity contribution < 1.29 is 4.42 Å². The first kappa shape index (κ1) is 11.8. The van der Waals surface area contributed by atoms with Crippen LogP contribution in [0.1, 0.15) is 11.5 Å². The van der Waals surface area contributed by atoms with Crippen LogP contribution in [-0.2, 0) is 19.5 Å². The second-order valence-corrected chi connectivity index (χ2v) is 3.76. The van der Waals surface area contributed by atoms with E-state index in [1.54, 1.807) is 10.9 Å². The van der Waals surface area contributed by atoms with Crippen LogP contribution >= 0.6 is 0 Å². The molecule has 0 bridgehead atoms. The smallest absolute Gasteiger partial charge is 0.105 e. The topological polar surface area (TPSA) is 81.9 Å². The van der Waals surface area contributed by atoms with Crippen LogP contribution in [0.2, 0.25) is 0 Å². The van der Waals surface area contributed by atoms with E-state index in [9.17, 15) is 0 Å². The van der Waals surface area contributed by atoms with Crippen LogP contribution < -0.4 is 11.1 Å². The molecule has 0 radical (unpaired) electrons. The summed E-state index contributed by atoms with van der Waals surface area (Å²) in [5.74, 6) is 1.00. The Labute approximate surface area is 99.8 Å². The molecule has 0 amide bonds. The molecule has 6 nitrogen and oxygen atoms in total. The Hall–Kier alpha value is -1.66. The van der Waals surface area contributed by atoms with Gasteiger partial charge in [-0.1, -0.05) is 5.21 Å². The predicted octanol–water partition coefficient (Wildman–Crippen LogP) is 0.162. The lowest BCUT2D eigenvalue weighted by molar-refractivity contribution is 0.488. The first-order valence-electron chi connectivity index (χ1n) is 5.70. The zero-order valence-corrected chi connectivity index (χ0v) is 9.67. The Bertz CT molecular complexity index is 423. The van der Waals surface area contributed by atoms with Crippen molar-refractivity contribution in [1.29, 1.82) is 0 Å². The van der Waals surface area contributed by atoms with Crippen molar-refractivity contribution >= 4 is 0 Å². The maximum Gasteiger partial charge on any atom is 0.105 e. The second-order valence-electron chi connectivity index (χ2n) is 3.76. The second kappa shape index (κ2) is 6.17. The van der Waals surface area contributed by atoms with E-state index in [-0.39, 0.29) is 0 Å². The zero-order valence-electron chi connectivity index (χ0n) is 9.67. The van der Waals surface area contributed by atoms with Crippen molar-refractivity contribution in [2.75, 3.05) is 13.1 Å².